The molecule has 0 radical (unpaired) electrons. The minimum Gasteiger partial charge on any atom is -0.449 e. The molecule has 0 atom stereocenters. The molecule has 3 aromatic rings. The smallest absolute Gasteiger partial charge is 0.426 e. The molecule has 0 bridgehead atoms. The highest BCUT2D eigenvalue weighted by atomic mass is 16.6. The van der Waals surface area contributed by atoms with Gasteiger partial charge in [0.05, 0.1) is 18.5 Å². The van der Waals surface area contributed by atoms with E-state index in [1.807, 2.05) is 30.3 Å². The summed E-state index contributed by atoms with van der Waals surface area (Å²) in [4.78, 5) is 27.9. The van der Waals surface area contributed by atoms with Gasteiger partial charge in [0, 0.05) is 0 Å². The molecule has 22 heavy (non-hydrogen) atoms. The van der Waals surface area contributed by atoms with Crippen LogP contribution in [0.3, 0.4) is 0 Å². The fourth-order valence-corrected chi connectivity index (χ4v) is 2.01. The number of hydrogen-bond donors (Lipinski definition) is 1. The average molecular weight is 299 g/mol. The van der Waals surface area contributed by atoms with Crippen LogP contribution in [0.5, 0.6) is 0 Å². The molecule has 0 aliphatic rings. The number of carbonyl (C=O) groups is 1. The Morgan fingerprint density at radius 3 is 2.82 bits per heavy atom. The zero-order valence-electron chi connectivity index (χ0n) is 11.8. The molecule has 0 aliphatic carbocycles. The summed E-state index contributed by atoms with van der Waals surface area (Å²) in [5.74, 6) is 0. The van der Waals surface area contributed by atoms with Crippen molar-refractivity contribution in [3.05, 3.63) is 53.2 Å². The number of para-hydroxylation sites is 1. The summed E-state index contributed by atoms with van der Waals surface area (Å²) in [5.41, 5.74) is 3.07. The summed E-state index contributed by atoms with van der Waals surface area (Å²) < 4.78 is 7.26. The van der Waals surface area contributed by atoms with Gasteiger partial charge < -0.3 is 4.74 Å². The van der Waals surface area contributed by atoms with Crippen molar-refractivity contribution in [2.75, 3.05) is 12.0 Å². The molecule has 1 amide bonds. The van der Waals surface area contributed by atoms with Gasteiger partial charge >= 0.3 is 6.09 Å². The quantitative estimate of drug-likeness (QED) is 0.786. The number of nitrogens with one attached hydrogen (secondary N) is 1. The molecule has 0 unspecified atom stereocenters. The Morgan fingerprint density at radius 1 is 1.32 bits per heavy atom. The van der Waals surface area contributed by atoms with Crippen LogP contribution in [-0.4, -0.2) is 32.1 Å². The summed E-state index contributed by atoms with van der Waals surface area (Å²) in [6, 6.07) is 9.34. The molecule has 3 rings (SSSR count). The van der Waals surface area contributed by atoms with Crippen LogP contribution in [0.2, 0.25) is 0 Å². The van der Waals surface area contributed by atoms with Gasteiger partial charge in [0.25, 0.3) is 5.56 Å². The number of rotatable bonds is 3. The van der Waals surface area contributed by atoms with Crippen LogP contribution in [0, 0.1) is 0 Å². The van der Waals surface area contributed by atoms with Crippen LogP contribution in [0.1, 0.15) is 6.92 Å². The largest absolute Gasteiger partial charge is 0.449 e. The summed E-state index contributed by atoms with van der Waals surface area (Å²) in [6.07, 6.45) is 1.92. The number of ether oxygens (including phenoxy) is 1. The zero-order chi connectivity index (χ0) is 15.5. The lowest BCUT2D eigenvalue weighted by Gasteiger charge is -2.07. The third-order valence-corrected chi connectivity index (χ3v) is 2.98. The second-order valence-corrected chi connectivity index (χ2v) is 4.38. The summed E-state index contributed by atoms with van der Waals surface area (Å²) in [6.45, 7) is 1.88. The van der Waals surface area contributed by atoms with Gasteiger partial charge in [0.15, 0.2) is 5.65 Å². The first-order valence-corrected chi connectivity index (χ1v) is 6.65. The highest BCUT2D eigenvalue weighted by Gasteiger charge is 2.12. The molecule has 0 saturated heterocycles. The van der Waals surface area contributed by atoms with Crippen molar-refractivity contribution in [2.24, 2.45) is 0 Å². The van der Waals surface area contributed by atoms with Crippen molar-refractivity contribution in [1.82, 2.24) is 19.4 Å². The van der Waals surface area contributed by atoms with Crippen LogP contribution in [0.4, 0.5) is 4.79 Å². The van der Waals surface area contributed by atoms with Crippen molar-refractivity contribution in [3.8, 4) is 5.69 Å². The van der Waals surface area contributed by atoms with Gasteiger partial charge in [-0.2, -0.15) is 5.10 Å². The SMILES string of the molecule is CCOC(=O)Nn1cnc2c(cnn2-c2ccccc2)c1=O. The topological polar surface area (TPSA) is 91.0 Å². The van der Waals surface area contributed by atoms with Crippen molar-refractivity contribution in [3.63, 3.8) is 0 Å². The van der Waals surface area contributed by atoms with Crippen molar-refractivity contribution in [1.29, 1.82) is 0 Å². The van der Waals surface area contributed by atoms with Gasteiger partial charge in [-0.15, -0.1) is 0 Å². The van der Waals surface area contributed by atoms with Crippen molar-refractivity contribution < 1.29 is 9.53 Å². The Hall–Kier alpha value is -3.16. The van der Waals surface area contributed by atoms with E-state index in [1.165, 1.54) is 12.5 Å². The molecule has 112 valence electrons. The fraction of sp³-hybridized carbons (Fsp3) is 0.143. The van der Waals surface area contributed by atoms with E-state index in [0.29, 0.717) is 11.0 Å². The standard InChI is InChI=1S/C14H13N5O3/c1-2-22-14(21)17-18-9-15-12-11(13(18)20)8-16-19(12)10-6-4-3-5-7-10/h3-9H,2H2,1H3,(H,17,21). The number of carbonyl (C=O) groups excluding carboxylic acids is 1. The molecule has 0 aliphatic heterocycles. The highest BCUT2D eigenvalue weighted by Crippen LogP contribution is 2.12. The van der Waals surface area contributed by atoms with Crippen LogP contribution >= 0.6 is 0 Å². The molecule has 2 aromatic heterocycles. The van der Waals surface area contributed by atoms with Gasteiger partial charge in [0.2, 0.25) is 0 Å². The Balaban J connectivity index is 2.04. The first-order valence-electron chi connectivity index (χ1n) is 6.65. The van der Waals surface area contributed by atoms with E-state index in [4.69, 9.17) is 4.74 Å². The van der Waals surface area contributed by atoms with E-state index in [1.54, 1.807) is 11.6 Å². The number of hydrogen-bond acceptors (Lipinski definition) is 5. The lowest BCUT2D eigenvalue weighted by molar-refractivity contribution is 0.164. The monoisotopic (exact) mass is 299 g/mol. The molecule has 2 heterocycles. The lowest BCUT2D eigenvalue weighted by Crippen LogP contribution is -2.33. The Kier molecular flexibility index (Phi) is 3.57. The van der Waals surface area contributed by atoms with Crippen LogP contribution < -0.4 is 11.0 Å². The number of aromatic nitrogens is 4. The number of benzene rings is 1. The Bertz CT molecular complexity index is 869. The van der Waals surface area contributed by atoms with E-state index >= 15 is 0 Å². The Morgan fingerprint density at radius 2 is 2.09 bits per heavy atom. The maximum atomic E-state index is 12.3. The summed E-state index contributed by atoms with van der Waals surface area (Å²) in [5, 5.41) is 4.47. The van der Waals surface area contributed by atoms with E-state index < -0.39 is 11.7 Å². The van der Waals surface area contributed by atoms with Crippen LogP contribution in [-0.2, 0) is 4.74 Å². The summed E-state index contributed by atoms with van der Waals surface area (Å²) in [7, 11) is 0. The third kappa shape index (κ3) is 2.41. The predicted molar refractivity (Wildman–Crippen MR) is 79.5 cm³/mol. The molecule has 0 spiro atoms. The normalized spacial score (nSPS) is 10.6. The maximum absolute atomic E-state index is 12.3. The second kappa shape index (κ2) is 5.68. The van der Waals surface area contributed by atoms with Gasteiger partial charge in [-0.25, -0.2) is 24.6 Å². The van der Waals surface area contributed by atoms with Crippen LogP contribution in [0.15, 0.2) is 47.7 Å². The number of fused-ring (bicyclic) bond motifs is 1. The first kappa shape index (κ1) is 13.8. The van der Waals surface area contributed by atoms with Gasteiger partial charge in [-0.1, -0.05) is 18.2 Å². The molecule has 1 N–H and O–H groups in total. The summed E-state index contributed by atoms with van der Waals surface area (Å²) >= 11 is 0. The minimum absolute atomic E-state index is 0.211. The van der Waals surface area contributed by atoms with E-state index in [-0.39, 0.29) is 6.61 Å². The van der Waals surface area contributed by atoms with E-state index in [0.717, 1.165) is 10.4 Å². The van der Waals surface area contributed by atoms with Gasteiger partial charge in [0.1, 0.15) is 11.7 Å². The maximum Gasteiger partial charge on any atom is 0.426 e. The molecule has 1 aromatic carbocycles. The van der Waals surface area contributed by atoms with E-state index in [2.05, 4.69) is 15.5 Å². The molecular formula is C14H13N5O3. The number of amides is 1. The van der Waals surface area contributed by atoms with Crippen molar-refractivity contribution >= 4 is 17.1 Å². The van der Waals surface area contributed by atoms with E-state index in [9.17, 15) is 9.59 Å². The molecule has 8 heteroatoms. The lowest BCUT2D eigenvalue weighted by atomic mass is 10.3. The molecular weight excluding hydrogens is 286 g/mol. The van der Waals surface area contributed by atoms with Gasteiger partial charge in [-0.05, 0) is 19.1 Å². The number of nitrogens with zero attached hydrogens (tertiary/aromatic N) is 4. The highest BCUT2D eigenvalue weighted by molar-refractivity contribution is 5.78. The minimum atomic E-state index is -0.721. The average Bonchev–Trinajstić information content (AvgIpc) is 2.96. The Labute approximate surface area is 124 Å². The zero-order valence-corrected chi connectivity index (χ0v) is 11.8. The second-order valence-electron chi connectivity index (χ2n) is 4.38. The fourth-order valence-electron chi connectivity index (χ4n) is 2.01. The predicted octanol–water partition coefficient (Wildman–Crippen LogP) is 1.28. The van der Waals surface area contributed by atoms with Crippen LogP contribution in [0.25, 0.3) is 16.7 Å². The first-order chi connectivity index (χ1) is 10.7. The molecule has 0 saturated carbocycles. The van der Waals surface area contributed by atoms with Crippen molar-refractivity contribution in [2.45, 2.75) is 6.92 Å². The third-order valence-electron chi connectivity index (χ3n) is 2.98. The molecule has 0 fully saturated rings. The van der Waals surface area contributed by atoms with Gasteiger partial charge in [-0.3, -0.25) is 4.79 Å². The molecule has 8 nitrogen and oxygen atoms in total.